The first-order valence-electron chi connectivity index (χ1n) is 12.4. The minimum absolute atomic E-state index is 0.0360. The molecule has 0 spiro atoms. The molecule has 2 aliphatic rings. The molecule has 1 aromatic carbocycles. The smallest absolute Gasteiger partial charge is 0.239 e. The van der Waals surface area contributed by atoms with Gasteiger partial charge in [0.1, 0.15) is 11.8 Å². The van der Waals surface area contributed by atoms with Crippen molar-refractivity contribution < 1.29 is 17.9 Å². The summed E-state index contributed by atoms with van der Waals surface area (Å²) < 4.78 is 43.7. The van der Waals surface area contributed by atoms with Crippen LogP contribution < -0.4 is 4.74 Å². The lowest BCUT2D eigenvalue weighted by atomic mass is 9.96. The van der Waals surface area contributed by atoms with E-state index in [2.05, 4.69) is 41.1 Å². The predicted molar refractivity (Wildman–Crippen MR) is 137 cm³/mol. The van der Waals surface area contributed by atoms with Gasteiger partial charge in [0.05, 0.1) is 0 Å². The van der Waals surface area contributed by atoms with E-state index >= 15 is 0 Å². The summed E-state index contributed by atoms with van der Waals surface area (Å²) in [4.78, 5) is 7.77. The van der Waals surface area contributed by atoms with Gasteiger partial charge >= 0.3 is 0 Å². The fourth-order valence-electron chi connectivity index (χ4n) is 4.97. The Morgan fingerprint density at radius 3 is 2.71 bits per heavy atom. The first-order valence-corrected chi connectivity index (χ1v) is 13.3. The molecule has 3 aromatic rings. The number of aromatic nitrogens is 1. The molecule has 0 saturated carbocycles. The van der Waals surface area contributed by atoms with E-state index in [0.717, 1.165) is 37.5 Å². The van der Waals surface area contributed by atoms with Crippen LogP contribution in [0.15, 0.2) is 41.8 Å². The van der Waals surface area contributed by atoms with Crippen molar-refractivity contribution in [3.8, 4) is 5.06 Å². The Hall–Kier alpha value is -2.03. The van der Waals surface area contributed by atoms with Gasteiger partial charge in [-0.15, -0.1) is 11.3 Å². The molecule has 0 aliphatic carbocycles. The molecule has 2 atom stereocenters. The number of hydrogen-bond donors (Lipinski definition) is 1. The number of benzene rings is 1. The molecular formula is C27H36F3N3OS. The Labute approximate surface area is 210 Å². The quantitative estimate of drug-likeness (QED) is 0.395. The van der Waals surface area contributed by atoms with Gasteiger partial charge in [0, 0.05) is 61.8 Å². The molecule has 2 aromatic heterocycles. The van der Waals surface area contributed by atoms with Crippen LogP contribution in [0.5, 0.6) is 5.06 Å². The largest absolute Gasteiger partial charge is 0.479 e. The van der Waals surface area contributed by atoms with Crippen molar-refractivity contribution in [2.45, 2.75) is 70.8 Å². The van der Waals surface area contributed by atoms with E-state index < -0.39 is 12.1 Å². The lowest BCUT2D eigenvalue weighted by Gasteiger charge is -2.36. The maximum absolute atomic E-state index is 13.9. The highest BCUT2D eigenvalue weighted by atomic mass is 32.1. The Bertz CT molecular complexity index is 1060. The first kappa shape index (κ1) is 26.0. The van der Waals surface area contributed by atoms with Gasteiger partial charge in [-0.25, -0.2) is 13.2 Å². The summed E-state index contributed by atoms with van der Waals surface area (Å²) in [6.45, 7) is 8.91. The van der Waals surface area contributed by atoms with Crippen molar-refractivity contribution in [2.75, 3.05) is 26.2 Å². The van der Waals surface area contributed by atoms with Crippen LogP contribution in [0.3, 0.4) is 0 Å². The second kappa shape index (κ2) is 11.4. The molecule has 4 heterocycles. The number of thiophene rings is 1. The highest BCUT2D eigenvalue weighted by molar-refractivity contribution is 7.11. The second-order valence-electron chi connectivity index (χ2n) is 10.2. The van der Waals surface area contributed by atoms with E-state index in [0.29, 0.717) is 19.1 Å². The maximum Gasteiger partial charge on any atom is 0.239 e. The number of alkyl halides is 3. The van der Waals surface area contributed by atoms with Crippen LogP contribution in [-0.4, -0.2) is 65.2 Å². The Morgan fingerprint density at radius 1 is 1.20 bits per heavy atom. The van der Waals surface area contributed by atoms with Gasteiger partial charge in [-0.1, -0.05) is 18.2 Å². The van der Waals surface area contributed by atoms with E-state index in [1.54, 1.807) is 25.2 Å². The van der Waals surface area contributed by atoms with E-state index in [9.17, 15) is 13.2 Å². The lowest BCUT2D eigenvalue weighted by Crippen LogP contribution is -2.44. The lowest BCUT2D eigenvalue weighted by molar-refractivity contribution is 0.0853. The van der Waals surface area contributed by atoms with Crippen LogP contribution in [0.4, 0.5) is 13.2 Å². The monoisotopic (exact) mass is 507 g/mol. The summed E-state index contributed by atoms with van der Waals surface area (Å²) in [7, 11) is 0. The van der Waals surface area contributed by atoms with Crippen LogP contribution >= 0.6 is 11.3 Å². The third kappa shape index (κ3) is 7.24. The van der Waals surface area contributed by atoms with Crippen molar-refractivity contribution in [1.29, 1.82) is 0 Å². The Kier molecular flexibility index (Phi) is 8.45. The van der Waals surface area contributed by atoms with Crippen LogP contribution in [0.2, 0.25) is 0 Å². The van der Waals surface area contributed by atoms with Crippen LogP contribution in [0.25, 0.3) is 10.9 Å². The number of ether oxygens (including phenoxy) is 1. The summed E-state index contributed by atoms with van der Waals surface area (Å²) in [5, 5.41) is 4.21. The number of fused-ring (bicyclic) bond motifs is 3. The Balaban J connectivity index is 0.000000168. The summed E-state index contributed by atoms with van der Waals surface area (Å²) in [6.07, 6.45) is -0.143. The molecule has 4 nitrogen and oxygen atoms in total. The minimum atomic E-state index is -2.20. The van der Waals surface area contributed by atoms with Gasteiger partial charge in [0.25, 0.3) is 0 Å². The predicted octanol–water partition coefficient (Wildman–Crippen LogP) is 6.52. The van der Waals surface area contributed by atoms with Crippen LogP contribution in [-0.2, 0) is 13.0 Å². The molecular weight excluding hydrogens is 471 g/mol. The maximum atomic E-state index is 13.9. The molecule has 0 radical (unpaired) electrons. The zero-order chi connectivity index (χ0) is 25.0. The van der Waals surface area contributed by atoms with E-state index in [1.807, 2.05) is 22.4 Å². The van der Waals surface area contributed by atoms with Gasteiger partial charge < -0.3 is 9.72 Å². The number of aromatic amines is 1. The third-order valence-electron chi connectivity index (χ3n) is 6.64. The normalized spacial score (nSPS) is 21.2. The number of para-hydroxylation sites is 1. The number of halogens is 3. The molecule has 0 bridgehead atoms. The van der Waals surface area contributed by atoms with Gasteiger partial charge in [0.2, 0.25) is 6.43 Å². The highest BCUT2D eigenvalue weighted by Crippen LogP contribution is 2.31. The SMILES string of the molecule is CC1Cc2c([nH]c3ccccc23)CN1CC(C)(C)F.FC(F)CCN1CCC(Oc2cccs2)C1. The summed E-state index contributed by atoms with van der Waals surface area (Å²) in [5.74, 6) is 0. The third-order valence-corrected chi connectivity index (χ3v) is 7.39. The fraction of sp³-hybridized carbons (Fsp3) is 0.556. The zero-order valence-corrected chi connectivity index (χ0v) is 21.6. The molecule has 2 unspecified atom stereocenters. The van der Waals surface area contributed by atoms with Gasteiger partial charge in [-0.2, -0.15) is 0 Å². The minimum Gasteiger partial charge on any atom is -0.479 e. The van der Waals surface area contributed by atoms with E-state index in [4.69, 9.17) is 4.74 Å². The second-order valence-corrected chi connectivity index (χ2v) is 11.2. The number of H-pyrrole nitrogens is 1. The standard InChI is InChI=1S/C16H21FN2.C11H15F2NOS/c1-11-8-13-12-6-4-5-7-14(12)18-15(13)9-19(11)10-16(2,3)17;12-10(13)4-6-14-5-3-9(8-14)15-11-2-1-7-16-11/h4-7,11,18H,8-10H2,1-3H3;1-2,7,9-10H,3-6,8H2. The van der Waals surface area contributed by atoms with Gasteiger partial charge in [-0.05, 0) is 62.8 Å². The molecule has 192 valence electrons. The van der Waals surface area contributed by atoms with Crippen molar-refractivity contribution >= 4 is 22.2 Å². The molecule has 1 N–H and O–H groups in total. The van der Waals surface area contributed by atoms with Crippen molar-refractivity contribution in [2.24, 2.45) is 0 Å². The highest BCUT2D eigenvalue weighted by Gasteiger charge is 2.30. The molecule has 35 heavy (non-hydrogen) atoms. The first-order chi connectivity index (χ1) is 16.7. The summed E-state index contributed by atoms with van der Waals surface area (Å²) >= 11 is 1.57. The molecule has 1 saturated heterocycles. The number of rotatable bonds is 7. The number of hydrogen-bond acceptors (Lipinski definition) is 4. The van der Waals surface area contributed by atoms with E-state index in [-0.39, 0.29) is 12.5 Å². The van der Waals surface area contributed by atoms with Crippen molar-refractivity contribution in [3.63, 3.8) is 0 Å². The van der Waals surface area contributed by atoms with Gasteiger partial charge in [0.15, 0.2) is 5.06 Å². The Morgan fingerprint density at radius 2 is 2.00 bits per heavy atom. The topological polar surface area (TPSA) is 31.5 Å². The van der Waals surface area contributed by atoms with Gasteiger partial charge in [-0.3, -0.25) is 9.80 Å². The fourth-order valence-corrected chi connectivity index (χ4v) is 5.61. The van der Waals surface area contributed by atoms with Crippen molar-refractivity contribution in [1.82, 2.24) is 14.8 Å². The number of likely N-dealkylation sites (tertiary alicyclic amines) is 1. The molecule has 8 heteroatoms. The number of nitrogens with one attached hydrogen (secondary N) is 1. The average molecular weight is 508 g/mol. The zero-order valence-electron chi connectivity index (χ0n) is 20.8. The molecule has 1 fully saturated rings. The van der Waals surface area contributed by atoms with E-state index in [1.165, 1.54) is 22.2 Å². The van der Waals surface area contributed by atoms with Crippen LogP contribution in [0, 0.1) is 0 Å². The molecule has 0 amide bonds. The molecule has 2 aliphatic heterocycles. The number of nitrogens with zero attached hydrogens (tertiary/aromatic N) is 2. The summed E-state index contributed by atoms with van der Waals surface area (Å²) in [6, 6.07) is 12.7. The van der Waals surface area contributed by atoms with Crippen LogP contribution in [0.1, 0.15) is 44.9 Å². The molecule has 5 rings (SSSR count). The summed E-state index contributed by atoms with van der Waals surface area (Å²) in [5.41, 5.74) is 2.72. The van der Waals surface area contributed by atoms with Crippen molar-refractivity contribution in [3.05, 3.63) is 53.0 Å². The average Bonchev–Trinajstić information content (AvgIpc) is 3.53.